The highest BCUT2D eigenvalue weighted by atomic mass is 16.4. The smallest absolute Gasteiger partial charge is 0.308 e. The molecule has 2 unspecified atom stereocenters. The van der Waals surface area contributed by atoms with Crippen molar-refractivity contribution in [2.24, 2.45) is 13.0 Å². The average molecular weight is 352 g/mol. The molecule has 2 heterocycles. The van der Waals surface area contributed by atoms with Crippen LogP contribution in [0, 0.1) is 12.8 Å². The van der Waals surface area contributed by atoms with E-state index in [1.807, 2.05) is 25.1 Å². The Bertz CT molecular complexity index is 966. The molecule has 0 bridgehead atoms. The Hall–Kier alpha value is -3.22. The van der Waals surface area contributed by atoms with Crippen LogP contribution in [0.4, 0.5) is 0 Å². The number of benzene rings is 1. The number of nitrogens with zero attached hydrogens (tertiary/aromatic N) is 3. The van der Waals surface area contributed by atoms with E-state index in [0.717, 1.165) is 16.6 Å². The minimum absolute atomic E-state index is 0.368. The van der Waals surface area contributed by atoms with Gasteiger partial charge in [-0.1, -0.05) is 30.3 Å². The first-order chi connectivity index (χ1) is 12.4. The number of rotatable bonds is 5. The van der Waals surface area contributed by atoms with Gasteiger partial charge in [0.15, 0.2) is 5.65 Å². The second kappa shape index (κ2) is 6.95. The molecule has 3 aromatic rings. The number of hydrogen-bond donors (Lipinski definition) is 2. The zero-order valence-electron chi connectivity index (χ0n) is 14.8. The summed E-state index contributed by atoms with van der Waals surface area (Å²) in [5, 5.41) is 17.3. The third-order valence-corrected chi connectivity index (χ3v) is 4.46. The number of aryl methyl sites for hydroxylation is 2. The zero-order valence-corrected chi connectivity index (χ0v) is 14.8. The number of carboxylic acid groups (broad SMARTS) is 1. The summed E-state index contributed by atoms with van der Waals surface area (Å²) in [6.45, 7) is 3.43. The number of carbonyl (C=O) groups excluding carboxylic acids is 1. The third-order valence-electron chi connectivity index (χ3n) is 4.46. The van der Waals surface area contributed by atoms with Gasteiger partial charge in [0.1, 0.15) is 0 Å². The van der Waals surface area contributed by atoms with Crippen LogP contribution in [0.15, 0.2) is 42.6 Å². The van der Waals surface area contributed by atoms with E-state index in [2.05, 4.69) is 15.4 Å². The predicted octanol–water partition coefficient (Wildman–Crippen LogP) is 2.47. The largest absolute Gasteiger partial charge is 0.481 e. The molecule has 0 saturated heterocycles. The van der Waals surface area contributed by atoms with Crippen molar-refractivity contribution >= 4 is 22.9 Å². The maximum atomic E-state index is 12.7. The molecule has 2 N–H and O–H groups in total. The molecule has 134 valence electrons. The molecule has 0 saturated carbocycles. The number of fused-ring (bicyclic) bond motifs is 1. The van der Waals surface area contributed by atoms with Gasteiger partial charge in [0.25, 0.3) is 5.91 Å². The molecule has 2 atom stereocenters. The van der Waals surface area contributed by atoms with Gasteiger partial charge in [-0.2, -0.15) is 5.10 Å². The van der Waals surface area contributed by atoms with Crippen LogP contribution in [0.2, 0.25) is 0 Å². The Kier molecular flexibility index (Phi) is 4.71. The maximum absolute atomic E-state index is 12.7. The summed E-state index contributed by atoms with van der Waals surface area (Å²) < 4.78 is 1.66. The summed E-state index contributed by atoms with van der Waals surface area (Å²) in [5.74, 6) is -2.13. The molecular weight excluding hydrogens is 332 g/mol. The van der Waals surface area contributed by atoms with Crippen molar-refractivity contribution in [2.75, 3.05) is 0 Å². The van der Waals surface area contributed by atoms with Crippen molar-refractivity contribution in [1.29, 1.82) is 0 Å². The summed E-state index contributed by atoms with van der Waals surface area (Å²) in [6, 6.07) is 10.2. The topological polar surface area (TPSA) is 97.1 Å². The Morgan fingerprint density at radius 1 is 1.23 bits per heavy atom. The lowest BCUT2D eigenvalue weighted by molar-refractivity contribution is -0.142. The Morgan fingerprint density at radius 3 is 2.58 bits per heavy atom. The number of aliphatic carboxylic acids is 1. The number of amides is 1. The highest BCUT2D eigenvalue weighted by Gasteiger charge is 2.27. The third kappa shape index (κ3) is 3.28. The maximum Gasteiger partial charge on any atom is 0.308 e. The first-order valence-corrected chi connectivity index (χ1v) is 8.26. The molecule has 7 nitrogen and oxygen atoms in total. The van der Waals surface area contributed by atoms with Crippen LogP contribution in [-0.4, -0.2) is 31.7 Å². The summed E-state index contributed by atoms with van der Waals surface area (Å²) >= 11 is 0. The minimum atomic E-state index is -0.976. The van der Waals surface area contributed by atoms with Gasteiger partial charge >= 0.3 is 5.97 Å². The van der Waals surface area contributed by atoms with Crippen LogP contribution >= 0.6 is 0 Å². The molecule has 1 aromatic carbocycles. The predicted molar refractivity (Wildman–Crippen MR) is 96.7 cm³/mol. The molecule has 0 spiro atoms. The van der Waals surface area contributed by atoms with Gasteiger partial charge in [0, 0.05) is 18.6 Å². The zero-order chi connectivity index (χ0) is 18.8. The van der Waals surface area contributed by atoms with E-state index in [1.165, 1.54) is 6.20 Å². The van der Waals surface area contributed by atoms with E-state index < -0.39 is 17.9 Å². The molecule has 0 radical (unpaired) electrons. The van der Waals surface area contributed by atoms with Crippen LogP contribution in [0.1, 0.15) is 34.6 Å². The van der Waals surface area contributed by atoms with Gasteiger partial charge in [-0.05, 0) is 25.5 Å². The molecule has 26 heavy (non-hydrogen) atoms. The fourth-order valence-electron chi connectivity index (χ4n) is 2.96. The second-order valence-electron chi connectivity index (χ2n) is 6.29. The molecule has 0 aliphatic heterocycles. The van der Waals surface area contributed by atoms with E-state index in [-0.39, 0.29) is 5.91 Å². The number of carbonyl (C=O) groups is 2. The Morgan fingerprint density at radius 2 is 1.92 bits per heavy atom. The quantitative estimate of drug-likeness (QED) is 0.735. The molecule has 3 rings (SSSR count). The average Bonchev–Trinajstić information content (AvgIpc) is 2.93. The monoisotopic (exact) mass is 352 g/mol. The molecular formula is C19H20N4O3. The molecule has 2 aromatic heterocycles. The van der Waals surface area contributed by atoms with Crippen molar-refractivity contribution in [2.45, 2.75) is 19.9 Å². The lowest BCUT2D eigenvalue weighted by Gasteiger charge is -2.23. The summed E-state index contributed by atoms with van der Waals surface area (Å²) in [4.78, 5) is 28.5. The van der Waals surface area contributed by atoms with Crippen molar-refractivity contribution in [3.05, 3.63) is 59.4 Å². The van der Waals surface area contributed by atoms with E-state index in [9.17, 15) is 14.7 Å². The Balaban J connectivity index is 1.92. The van der Waals surface area contributed by atoms with Crippen molar-refractivity contribution in [3.63, 3.8) is 0 Å². The second-order valence-corrected chi connectivity index (χ2v) is 6.29. The molecule has 1 amide bonds. The van der Waals surface area contributed by atoms with Crippen LogP contribution in [-0.2, 0) is 11.8 Å². The number of carboxylic acids is 1. The highest BCUT2D eigenvalue weighted by molar-refractivity contribution is 5.97. The van der Waals surface area contributed by atoms with Crippen LogP contribution in [0.25, 0.3) is 11.0 Å². The van der Waals surface area contributed by atoms with E-state index in [0.29, 0.717) is 11.2 Å². The number of aromatic nitrogens is 3. The highest BCUT2D eigenvalue weighted by Crippen LogP contribution is 2.23. The standard InChI is InChI=1S/C19H20N4O3/c1-11(19(25)26)16(13-7-5-4-6-8-13)21-18(24)14-9-15-12(2)22-23(3)17(15)20-10-14/h4-11,16H,1-3H3,(H,21,24)(H,25,26). The van der Waals surface area contributed by atoms with E-state index >= 15 is 0 Å². The number of hydrogen-bond acceptors (Lipinski definition) is 4. The first kappa shape index (κ1) is 17.6. The summed E-state index contributed by atoms with van der Waals surface area (Å²) in [6.07, 6.45) is 1.48. The molecule has 0 aliphatic rings. The van der Waals surface area contributed by atoms with Gasteiger partial charge in [-0.15, -0.1) is 0 Å². The summed E-state index contributed by atoms with van der Waals surface area (Å²) in [5.41, 5.74) is 2.58. The molecule has 7 heteroatoms. The van der Waals surface area contributed by atoms with Crippen molar-refractivity contribution < 1.29 is 14.7 Å². The molecule has 0 aliphatic carbocycles. The van der Waals surface area contributed by atoms with E-state index in [1.54, 1.807) is 36.9 Å². The number of nitrogens with one attached hydrogen (secondary N) is 1. The van der Waals surface area contributed by atoms with Crippen molar-refractivity contribution in [3.8, 4) is 0 Å². The van der Waals surface area contributed by atoms with Crippen LogP contribution < -0.4 is 5.32 Å². The van der Waals surface area contributed by atoms with Crippen LogP contribution in [0.5, 0.6) is 0 Å². The fraction of sp³-hybridized carbons (Fsp3) is 0.263. The number of pyridine rings is 1. The van der Waals surface area contributed by atoms with Gasteiger partial charge in [-0.25, -0.2) is 4.98 Å². The normalized spacial score (nSPS) is 13.3. The SMILES string of the molecule is Cc1nn(C)c2ncc(C(=O)NC(c3ccccc3)C(C)C(=O)O)cc12. The minimum Gasteiger partial charge on any atom is -0.481 e. The first-order valence-electron chi connectivity index (χ1n) is 8.26. The van der Waals surface area contributed by atoms with Crippen molar-refractivity contribution in [1.82, 2.24) is 20.1 Å². The van der Waals surface area contributed by atoms with Gasteiger partial charge in [0.05, 0.1) is 23.2 Å². The lowest BCUT2D eigenvalue weighted by atomic mass is 9.94. The summed E-state index contributed by atoms with van der Waals surface area (Å²) in [7, 11) is 1.79. The fourth-order valence-corrected chi connectivity index (χ4v) is 2.96. The van der Waals surface area contributed by atoms with E-state index in [4.69, 9.17) is 0 Å². The van der Waals surface area contributed by atoms with Gasteiger partial charge < -0.3 is 10.4 Å². The molecule has 0 fully saturated rings. The van der Waals surface area contributed by atoms with Gasteiger partial charge in [-0.3, -0.25) is 14.3 Å². The van der Waals surface area contributed by atoms with Crippen LogP contribution in [0.3, 0.4) is 0 Å². The Labute approximate surface area is 150 Å². The lowest BCUT2D eigenvalue weighted by Crippen LogP contribution is -2.35. The van der Waals surface area contributed by atoms with Gasteiger partial charge in [0.2, 0.25) is 0 Å².